The summed E-state index contributed by atoms with van der Waals surface area (Å²) in [5.41, 5.74) is -0.414. The van der Waals surface area contributed by atoms with Crippen molar-refractivity contribution >= 4 is 0 Å². The zero-order chi connectivity index (χ0) is 14.5. The fourth-order valence-corrected chi connectivity index (χ4v) is 3.11. The number of hydrogen-bond acceptors (Lipinski definition) is 4. The quantitative estimate of drug-likeness (QED) is 0.794. The Balaban J connectivity index is 2.56. The number of likely N-dealkylation sites (tertiary alicyclic amines) is 1. The SMILES string of the molecule is CCNC(C)(C#N)CC(C)N(C)C1CCCN(C)C1. The van der Waals surface area contributed by atoms with Crippen LogP contribution in [0.1, 0.15) is 40.0 Å². The lowest BCUT2D eigenvalue weighted by Crippen LogP contribution is -2.52. The van der Waals surface area contributed by atoms with E-state index in [9.17, 15) is 5.26 Å². The van der Waals surface area contributed by atoms with Crippen LogP contribution in [0.2, 0.25) is 0 Å². The highest BCUT2D eigenvalue weighted by molar-refractivity contribution is 5.05. The molecule has 1 N–H and O–H groups in total. The van der Waals surface area contributed by atoms with Crippen LogP contribution in [0.4, 0.5) is 0 Å². The van der Waals surface area contributed by atoms with Gasteiger partial charge in [0.2, 0.25) is 0 Å². The monoisotopic (exact) mass is 266 g/mol. The van der Waals surface area contributed by atoms with Crippen LogP contribution in [-0.2, 0) is 0 Å². The fourth-order valence-electron chi connectivity index (χ4n) is 3.11. The third-order valence-corrected chi connectivity index (χ3v) is 4.39. The Morgan fingerprint density at radius 1 is 1.58 bits per heavy atom. The maximum absolute atomic E-state index is 9.36. The highest BCUT2D eigenvalue weighted by atomic mass is 15.2. The molecule has 1 aliphatic heterocycles. The lowest BCUT2D eigenvalue weighted by atomic mass is 9.93. The van der Waals surface area contributed by atoms with E-state index in [-0.39, 0.29) is 0 Å². The van der Waals surface area contributed by atoms with Gasteiger partial charge in [0.25, 0.3) is 0 Å². The largest absolute Gasteiger partial charge is 0.305 e. The molecular formula is C15H30N4. The highest BCUT2D eigenvalue weighted by Gasteiger charge is 2.30. The molecule has 0 aromatic carbocycles. The van der Waals surface area contributed by atoms with Gasteiger partial charge < -0.3 is 4.90 Å². The maximum Gasteiger partial charge on any atom is 0.105 e. The number of likely N-dealkylation sites (N-methyl/N-ethyl adjacent to an activating group) is 2. The molecule has 0 saturated carbocycles. The summed E-state index contributed by atoms with van der Waals surface area (Å²) >= 11 is 0. The van der Waals surface area contributed by atoms with Gasteiger partial charge in [0, 0.05) is 18.6 Å². The molecule has 0 aliphatic carbocycles. The second-order valence-electron chi connectivity index (χ2n) is 6.25. The first-order valence-electron chi connectivity index (χ1n) is 7.48. The van der Waals surface area contributed by atoms with Crippen LogP contribution < -0.4 is 5.32 Å². The predicted octanol–water partition coefficient (Wildman–Crippen LogP) is 1.68. The van der Waals surface area contributed by atoms with Crippen molar-refractivity contribution in [3.8, 4) is 6.07 Å². The standard InChI is InChI=1S/C15H30N4/c1-6-17-15(3,12-16)10-13(2)19(5)14-8-7-9-18(4)11-14/h13-14,17H,6-11H2,1-5H3. The zero-order valence-electron chi connectivity index (χ0n) is 13.2. The molecule has 1 aliphatic rings. The van der Waals surface area contributed by atoms with Gasteiger partial charge in [-0.15, -0.1) is 0 Å². The van der Waals surface area contributed by atoms with Crippen LogP contribution in [0, 0.1) is 11.3 Å². The summed E-state index contributed by atoms with van der Waals surface area (Å²) in [7, 11) is 4.40. The Kier molecular flexibility index (Phi) is 6.25. The Morgan fingerprint density at radius 2 is 2.26 bits per heavy atom. The summed E-state index contributed by atoms with van der Waals surface area (Å²) in [5, 5.41) is 12.7. The van der Waals surface area contributed by atoms with Gasteiger partial charge in [-0.05, 0) is 60.3 Å². The summed E-state index contributed by atoms with van der Waals surface area (Å²) in [6.07, 6.45) is 3.42. The van der Waals surface area contributed by atoms with Gasteiger partial charge in [-0.2, -0.15) is 5.26 Å². The molecule has 0 aromatic rings. The van der Waals surface area contributed by atoms with E-state index in [0.717, 1.165) is 19.5 Å². The first-order chi connectivity index (χ1) is 8.91. The molecule has 1 fully saturated rings. The predicted molar refractivity (Wildman–Crippen MR) is 80.1 cm³/mol. The van der Waals surface area contributed by atoms with E-state index in [1.165, 1.54) is 19.4 Å². The fraction of sp³-hybridized carbons (Fsp3) is 0.933. The average molecular weight is 266 g/mol. The van der Waals surface area contributed by atoms with E-state index in [4.69, 9.17) is 0 Å². The van der Waals surface area contributed by atoms with Crippen molar-refractivity contribution in [3.05, 3.63) is 0 Å². The van der Waals surface area contributed by atoms with Crippen LogP contribution in [0.3, 0.4) is 0 Å². The molecule has 19 heavy (non-hydrogen) atoms. The highest BCUT2D eigenvalue weighted by Crippen LogP contribution is 2.20. The lowest BCUT2D eigenvalue weighted by molar-refractivity contribution is 0.0932. The lowest BCUT2D eigenvalue weighted by Gasteiger charge is -2.40. The topological polar surface area (TPSA) is 42.3 Å². The second-order valence-corrected chi connectivity index (χ2v) is 6.25. The van der Waals surface area contributed by atoms with E-state index < -0.39 is 5.54 Å². The maximum atomic E-state index is 9.36. The summed E-state index contributed by atoms with van der Waals surface area (Å²) in [6.45, 7) is 9.50. The third kappa shape index (κ3) is 4.76. The van der Waals surface area contributed by atoms with Crippen molar-refractivity contribution in [3.63, 3.8) is 0 Å². The van der Waals surface area contributed by atoms with Crippen molar-refractivity contribution in [1.82, 2.24) is 15.1 Å². The Bertz CT molecular complexity index is 312. The van der Waals surface area contributed by atoms with Crippen molar-refractivity contribution in [2.75, 3.05) is 33.7 Å². The molecule has 3 atom stereocenters. The van der Waals surface area contributed by atoms with Crippen molar-refractivity contribution < 1.29 is 0 Å². The number of nitrogens with one attached hydrogen (secondary N) is 1. The zero-order valence-corrected chi connectivity index (χ0v) is 13.2. The number of nitriles is 1. The smallest absolute Gasteiger partial charge is 0.105 e. The number of nitrogens with zero attached hydrogens (tertiary/aromatic N) is 3. The van der Waals surface area contributed by atoms with Crippen molar-refractivity contribution in [1.29, 1.82) is 5.26 Å². The van der Waals surface area contributed by atoms with Gasteiger partial charge >= 0.3 is 0 Å². The molecule has 0 amide bonds. The van der Waals surface area contributed by atoms with Crippen molar-refractivity contribution in [2.45, 2.75) is 57.7 Å². The van der Waals surface area contributed by atoms with E-state index in [1.54, 1.807) is 0 Å². The molecule has 110 valence electrons. The minimum absolute atomic E-state index is 0.414. The molecule has 1 heterocycles. The van der Waals surface area contributed by atoms with Gasteiger partial charge in [0.15, 0.2) is 0 Å². The summed E-state index contributed by atoms with van der Waals surface area (Å²) in [4.78, 5) is 4.87. The van der Waals surface area contributed by atoms with Gasteiger partial charge in [0.1, 0.15) is 5.54 Å². The molecule has 0 spiro atoms. The average Bonchev–Trinajstić information content (AvgIpc) is 2.38. The third-order valence-electron chi connectivity index (χ3n) is 4.39. The number of rotatable bonds is 6. The van der Waals surface area contributed by atoms with Crippen LogP contribution >= 0.6 is 0 Å². The van der Waals surface area contributed by atoms with Gasteiger partial charge in [-0.25, -0.2) is 0 Å². The molecule has 0 bridgehead atoms. The van der Waals surface area contributed by atoms with Crippen molar-refractivity contribution in [2.24, 2.45) is 0 Å². The first-order valence-corrected chi connectivity index (χ1v) is 7.48. The van der Waals surface area contributed by atoms with Crippen LogP contribution in [-0.4, -0.2) is 61.2 Å². The minimum atomic E-state index is -0.414. The molecule has 1 rings (SSSR count). The second kappa shape index (κ2) is 7.23. The molecular weight excluding hydrogens is 236 g/mol. The Morgan fingerprint density at radius 3 is 2.79 bits per heavy atom. The van der Waals surface area contributed by atoms with E-state index >= 15 is 0 Å². The number of hydrogen-bond donors (Lipinski definition) is 1. The molecule has 4 heteroatoms. The van der Waals surface area contributed by atoms with E-state index in [1.807, 2.05) is 6.92 Å². The van der Waals surface area contributed by atoms with Gasteiger partial charge in [-0.3, -0.25) is 10.2 Å². The van der Waals surface area contributed by atoms with Crippen LogP contribution in [0.15, 0.2) is 0 Å². The van der Waals surface area contributed by atoms with Crippen LogP contribution in [0.5, 0.6) is 0 Å². The normalized spacial score (nSPS) is 25.8. The summed E-state index contributed by atoms with van der Waals surface area (Å²) < 4.78 is 0. The van der Waals surface area contributed by atoms with E-state index in [2.05, 4.69) is 49.1 Å². The molecule has 3 unspecified atom stereocenters. The van der Waals surface area contributed by atoms with Crippen LogP contribution in [0.25, 0.3) is 0 Å². The van der Waals surface area contributed by atoms with E-state index in [0.29, 0.717) is 12.1 Å². The first kappa shape index (κ1) is 16.4. The number of piperidine rings is 1. The Hall–Kier alpha value is -0.630. The van der Waals surface area contributed by atoms with Gasteiger partial charge in [0.05, 0.1) is 6.07 Å². The molecule has 4 nitrogen and oxygen atoms in total. The van der Waals surface area contributed by atoms with Gasteiger partial charge in [-0.1, -0.05) is 6.92 Å². The minimum Gasteiger partial charge on any atom is -0.305 e. The Labute approximate surface area is 118 Å². The molecule has 0 radical (unpaired) electrons. The summed E-state index contributed by atoms with van der Waals surface area (Å²) in [5.74, 6) is 0. The molecule has 0 aromatic heterocycles. The molecule has 1 saturated heterocycles. The summed E-state index contributed by atoms with van der Waals surface area (Å²) in [6, 6.07) is 3.47.